The van der Waals surface area contributed by atoms with Crippen LogP contribution in [0.4, 0.5) is 5.69 Å². The number of hydrogen-bond donors (Lipinski definition) is 2. The number of nitrogens with zero attached hydrogens (tertiary/aromatic N) is 2. The van der Waals surface area contributed by atoms with E-state index in [4.69, 9.17) is 0 Å². The lowest BCUT2D eigenvalue weighted by molar-refractivity contribution is -0.673. The number of thioether (sulfide) groups is 1. The van der Waals surface area contributed by atoms with Crippen LogP contribution in [0.1, 0.15) is 31.2 Å². The van der Waals surface area contributed by atoms with Crippen LogP contribution in [0, 0.1) is 5.92 Å². The summed E-state index contributed by atoms with van der Waals surface area (Å²) in [6, 6.07) is 24.8. The largest absolute Gasteiger partial charge is 0.335 e. The van der Waals surface area contributed by atoms with Gasteiger partial charge in [0.1, 0.15) is 4.70 Å². The van der Waals surface area contributed by atoms with E-state index in [1.54, 1.807) is 23.1 Å². The summed E-state index contributed by atoms with van der Waals surface area (Å²) in [5.41, 5.74) is 2.13. The van der Waals surface area contributed by atoms with E-state index in [-0.39, 0.29) is 23.8 Å². The molecule has 2 N–H and O–H groups in total. The molecule has 0 spiro atoms. The molecule has 6 rings (SSSR count). The second kappa shape index (κ2) is 13.0. The van der Waals surface area contributed by atoms with Crippen molar-refractivity contribution in [3.63, 3.8) is 0 Å². The summed E-state index contributed by atoms with van der Waals surface area (Å²) in [4.78, 5) is 3.30. The monoisotopic (exact) mass is 683 g/mol. The molecule has 5 aromatic rings. The van der Waals surface area contributed by atoms with Crippen LogP contribution < -0.4 is 9.47 Å². The van der Waals surface area contributed by atoms with Crippen LogP contribution in [0.5, 0.6) is 0 Å². The first kappa shape index (κ1) is 32.0. The van der Waals surface area contributed by atoms with Gasteiger partial charge in [0.15, 0.2) is 6.54 Å². The number of anilines is 1. The van der Waals surface area contributed by atoms with Crippen molar-refractivity contribution in [2.45, 2.75) is 44.0 Å². The minimum Gasteiger partial charge on any atom is -0.335 e. The summed E-state index contributed by atoms with van der Waals surface area (Å²) >= 11 is 3.39. The molecule has 4 aromatic carbocycles. The standard InChI is InChI=1S/C33H34N2O6S4/c1-2-23(21-30-34(17-7-19-44(36,37)38)32-26-11-5-3-9-24(26)13-15-28(32)42-30)22-31-35(18-8-20-45(39,40)41)33-27-12-6-4-10-25(27)14-16-29(33)43-31/h3-6,9-16,21,23H,2,7-8,17-20,22H2,1H3,(H-,36,37,38,39,40,41)/p+1/b30-21-. The highest BCUT2D eigenvalue weighted by molar-refractivity contribution is 8.03. The summed E-state index contributed by atoms with van der Waals surface area (Å²) in [7, 11) is -8.16. The van der Waals surface area contributed by atoms with Crippen LogP contribution in [-0.4, -0.2) is 44.0 Å². The van der Waals surface area contributed by atoms with Gasteiger partial charge in [-0.25, -0.2) is 0 Å². The molecule has 236 valence electrons. The van der Waals surface area contributed by atoms with E-state index >= 15 is 0 Å². The second-order valence-corrected chi connectivity index (χ2v) is 16.6. The number of hydrogen-bond acceptors (Lipinski definition) is 7. The minimum absolute atomic E-state index is 0.143. The Labute approximate surface area is 271 Å². The highest BCUT2D eigenvalue weighted by Crippen LogP contribution is 2.50. The van der Waals surface area contributed by atoms with E-state index in [2.05, 4.69) is 71.0 Å². The molecular weight excluding hydrogens is 649 g/mol. The van der Waals surface area contributed by atoms with Gasteiger partial charge < -0.3 is 4.90 Å². The SMILES string of the molecule is CCC(/C=C1\Sc2ccc3ccccc3c2N1CCCS(=O)(=O)O)Cc1sc2ccc3ccccc3c2[n+]1CCCS(=O)(=O)O. The second-order valence-electron chi connectivity index (χ2n) is 11.3. The number of rotatable bonds is 12. The molecule has 0 amide bonds. The van der Waals surface area contributed by atoms with Gasteiger partial charge in [-0.2, -0.15) is 21.4 Å². The number of benzene rings is 4. The topological polar surface area (TPSA) is 116 Å². The zero-order valence-electron chi connectivity index (χ0n) is 24.8. The van der Waals surface area contributed by atoms with Crippen molar-refractivity contribution < 1.29 is 30.5 Å². The molecule has 12 heteroatoms. The lowest BCUT2D eigenvalue weighted by atomic mass is 10.0. The molecule has 0 saturated carbocycles. The van der Waals surface area contributed by atoms with Crippen molar-refractivity contribution in [2.24, 2.45) is 5.92 Å². The lowest BCUT2D eigenvalue weighted by Crippen LogP contribution is -2.38. The Morgan fingerprint density at radius 1 is 0.844 bits per heavy atom. The maximum absolute atomic E-state index is 11.6. The molecule has 8 nitrogen and oxygen atoms in total. The van der Waals surface area contributed by atoms with Gasteiger partial charge in [0.25, 0.3) is 20.2 Å². The van der Waals surface area contributed by atoms with Gasteiger partial charge in [-0.15, -0.1) is 0 Å². The summed E-state index contributed by atoms with van der Waals surface area (Å²) < 4.78 is 68.4. The van der Waals surface area contributed by atoms with E-state index in [1.807, 2.05) is 24.3 Å². The highest BCUT2D eigenvalue weighted by atomic mass is 32.2. The van der Waals surface area contributed by atoms with E-state index in [0.717, 1.165) is 65.2 Å². The summed E-state index contributed by atoms with van der Waals surface area (Å²) in [5.74, 6) is -0.466. The predicted octanol–water partition coefficient (Wildman–Crippen LogP) is 7.07. The zero-order valence-corrected chi connectivity index (χ0v) is 28.1. The van der Waals surface area contributed by atoms with Crippen LogP contribution >= 0.6 is 23.1 Å². The van der Waals surface area contributed by atoms with Gasteiger partial charge >= 0.3 is 0 Å². The average Bonchev–Trinajstić information content (AvgIpc) is 3.53. The third-order valence-corrected chi connectivity index (χ3v) is 12.1. The summed E-state index contributed by atoms with van der Waals surface area (Å²) in [5, 5.41) is 6.58. The van der Waals surface area contributed by atoms with Crippen molar-refractivity contribution in [3.8, 4) is 0 Å². The van der Waals surface area contributed by atoms with Crippen molar-refractivity contribution in [3.05, 3.63) is 88.9 Å². The minimum atomic E-state index is -4.08. The zero-order chi connectivity index (χ0) is 31.8. The summed E-state index contributed by atoms with van der Waals surface area (Å²) in [6.45, 7) is 3.06. The molecule has 1 aliphatic heterocycles. The first-order chi connectivity index (χ1) is 21.5. The molecule has 2 heterocycles. The average molecular weight is 684 g/mol. The molecule has 1 atom stereocenters. The van der Waals surface area contributed by atoms with Crippen LogP contribution in [0.15, 0.2) is 88.8 Å². The molecule has 0 bridgehead atoms. The normalized spacial score (nSPS) is 15.4. The highest BCUT2D eigenvalue weighted by Gasteiger charge is 2.30. The van der Waals surface area contributed by atoms with Gasteiger partial charge in [0, 0.05) is 29.7 Å². The van der Waals surface area contributed by atoms with Crippen molar-refractivity contribution >= 4 is 80.8 Å². The third-order valence-electron chi connectivity index (χ3n) is 8.18. The van der Waals surface area contributed by atoms with Gasteiger partial charge in [0.05, 0.1) is 27.6 Å². The van der Waals surface area contributed by atoms with Crippen LogP contribution in [0.2, 0.25) is 0 Å². The first-order valence-electron chi connectivity index (χ1n) is 14.9. The predicted molar refractivity (Wildman–Crippen MR) is 184 cm³/mol. The molecule has 0 radical (unpaired) electrons. The van der Waals surface area contributed by atoms with Crippen LogP contribution in [-0.2, 0) is 33.2 Å². The molecular formula is C33H35N2O6S4+. The maximum Gasteiger partial charge on any atom is 0.265 e. The van der Waals surface area contributed by atoms with Crippen molar-refractivity contribution in [1.82, 2.24) is 0 Å². The van der Waals surface area contributed by atoms with E-state index in [1.165, 1.54) is 0 Å². The van der Waals surface area contributed by atoms with Crippen molar-refractivity contribution in [1.29, 1.82) is 0 Å². The Balaban J connectivity index is 1.37. The number of aromatic nitrogens is 1. The number of aryl methyl sites for hydroxylation is 1. The van der Waals surface area contributed by atoms with Gasteiger partial charge in [-0.05, 0) is 53.8 Å². The third kappa shape index (κ3) is 7.21. The number of thiazole rings is 1. The van der Waals surface area contributed by atoms with Gasteiger partial charge in [-0.1, -0.05) is 84.6 Å². The lowest BCUT2D eigenvalue weighted by Gasteiger charge is -2.23. The van der Waals surface area contributed by atoms with Crippen LogP contribution in [0.25, 0.3) is 31.8 Å². The Bertz CT molecular complexity index is 2140. The molecule has 1 aliphatic rings. The first-order valence-corrected chi connectivity index (χ1v) is 19.8. The van der Waals surface area contributed by atoms with E-state index in [0.29, 0.717) is 19.5 Å². The Kier molecular flexibility index (Phi) is 9.24. The van der Waals surface area contributed by atoms with E-state index in [9.17, 15) is 25.9 Å². The molecule has 45 heavy (non-hydrogen) atoms. The van der Waals surface area contributed by atoms with Crippen molar-refractivity contribution in [2.75, 3.05) is 23.0 Å². The molecule has 0 fully saturated rings. The Morgan fingerprint density at radius 3 is 2.20 bits per heavy atom. The van der Waals surface area contributed by atoms with Gasteiger partial charge in [0.2, 0.25) is 10.5 Å². The molecule has 1 aromatic heterocycles. The van der Waals surface area contributed by atoms with Crippen LogP contribution in [0.3, 0.4) is 0 Å². The quantitative estimate of drug-likeness (QED) is 0.106. The fourth-order valence-corrected chi connectivity index (χ4v) is 9.58. The molecule has 1 unspecified atom stereocenters. The maximum atomic E-state index is 11.6. The number of fused-ring (bicyclic) bond motifs is 6. The smallest absolute Gasteiger partial charge is 0.265 e. The summed E-state index contributed by atoms with van der Waals surface area (Å²) in [6.07, 6.45) is 4.45. The number of allylic oxidation sites excluding steroid dienone is 1. The fraction of sp³-hybridized carbons (Fsp3) is 0.303. The molecule has 0 aliphatic carbocycles. The van der Waals surface area contributed by atoms with E-state index < -0.39 is 20.2 Å². The Morgan fingerprint density at radius 2 is 1.49 bits per heavy atom. The molecule has 0 saturated heterocycles. The fourth-order valence-electron chi connectivity index (χ4n) is 6.07. The Hall–Kier alpha value is -3.00. The van der Waals surface area contributed by atoms with Gasteiger partial charge in [-0.3, -0.25) is 9.11 Å².